The number of nitrogens with zero attached hydrogens (tertiary/aromatic N) is 1. The molecule has 0 spiro atoms. The molecular weight excluding hydrogens is 315 g/mol. The number of nitrogens with one attached hydrogen (secondary N) is 1. The SMILES string of the molecule is CCSC1C(C(=O)O)=C(C)C=C(NC)N1Cc1cccc(F)c1. The van der Waals surface area contributed by atoms with Crippen molar-refractivity contribution in [2.24, 2.45) is 0 Å². The first-order chi connectivity index (χ1) is 11.0. The summed E-state index contributed by atoms with van der Waals surface area (Å²) in [4.78, 5) is 13.7. The van der Waals surface area contributed by atoms with Gasteiger partial charge in [-0.3, -0.25) is 0 Å². The Kier molecular flexibility index (Phi) is 5.71. The number of halogens is 1. The Labute approximate surface area is 140 Å². The predicted molar refractivity (Wildman–Crippen MR) is 91.3 cm³/mol. The molecule has 0 radical (unpaired) electrons. The van der Waals surface area contributed by atoms with E-state index in [0.717, 1.165) is 22.7 Å². The van der Waals surface area contributed by atoms with E-state index in [-0.39, 0.29) is 11.2 Å². The predicted octanol–water partition coefficient (Wildman–Crippen LogP) is 3.18. The number of aliphatic carboxylic acids is 1. The highest BCUT2D eigenvalue weighted by atomic mass is 32.2. The normalized spacial score (nSPS) is 18.0. The van der Waals surface area contributed by atoms with Gasteiger partial charge in [0.1, 0.15) is 17.0 Å². The summed E-state index contributed by atoms with van der Waals surface area (Å²) in [5.74, 6) is 0.414. The van der Waals surface area contributed by atoms with E-state index in [1.807, 2.05) is 30.9 Å². The highest BCUT2D eigenvalue weighted by molar-refractivity contribution is 8.00. The molecule has 1 aliphatic rings. The van der Waals surface area contributed by atoms with E-state index in [0.29, 0.717) is 12.1 Å². The van der Waals surface area contributed by atoms with E-state index >= 15 is 0 Å². The molecule has 1 aliphatic heterocycles. The quantitative estimate of drug-likeness (QED) is 0.836. The van der Waals surface area contributed by atoms with Crippen LogP contribution in [0.4, 0.5) is 4.39 Å². The smallest absolute Gasteiger partial charge is 0.334 e. The van der Waals surface area contributed by atoms with Gasteiger partial charge in [0.15, 0.2) is 0 Å². The molecule has 1 atom stereocenters. The minimum absolute atomic E-state index is 0.292. The Bertz CT molecular complexity index is 658. The van der Waals surface area contributed by atoms with Crippen molar-refractivity contribution >= 4 is 17.7 Å². The molecular formula is C17H21FN2O2S. The number of hydrogen-bond donors (Lipinski definition) is 2. The molecule has 1 heterocycles. The lowest BCUT2D eigenvalue weighted by Gasteiger charge is -2.38. The minimum atomic E-state index is -0.913. The van der Waals surface area contributed by atoms with Gasteiger partial charge >= 0.3 is 5.97 Å². The van der Waals surface area contributed by atoms with Gasteiger partial charge in [-0.1, -0.05) is 19.1 Å². The van der Waals surface area contributed by atoms with E-state index in [2.05, 4.69) is 5.32 Å². The largest absolute Gasteiger partial charge is 0.478 e. The second-order valence-corrected chi connectivity index (χ2v) is 6.60. The van der Waals surface area contributed by atoms with Gasteiger partial charge in [-0.05, 0) is 42.0 Å². The minimum Gasteiger partial charge on any atom is -0.478 e. The van der Waals surface area contributed by atoms with Gasteiger partial charge in [0.2, 0.25) is 0 Å². The molecule has 0 saturated heterocycles. The maximum absolute atomic E-state index is 13.5. The summed E-state index contributed by atoms with van der Waals surface area (Å²) in [7, 11) is 1.80. The summed E-state index contributed by atoms with van der Waals surface area (Å²) in [5, 5.41) is 12.4. The molecule has 0 bridgehead atoms. The lowest BCUT2D eigenvalue weighted by molar-refractivity contribution is -0.133. The summed E-state index contributed by atoms with van der Waals surface area (Å²) < 4.78 is 13.5. The van der Waals surface area contributed by atoms with Crippen molar-refractivity contribution in [2.45, 2.75) is 25.8 Å². The molecule has 1 unspecified atom stereocenters. The molecule has 23 heavy (non-hydrogen) atoms. The van der Waals surface area contributed by atoms with E-state index in [1.54, 1.807) is 24.9 Å². The summed E-state index contributed by atoms with van der Waals surface area (Å²) >= 11 is 1.56. The number of hydrogen-bond acceptors (Lipinski definition) is 4. The van der Waals surface area contributed by atoms with Crippen molar-refractivity contribution in [3.8, 4) is 0 Å². The number of carboxylic acid groups (broad SMARTS) is 1. The van der Waals surface area contributed by atoms with Crippen LogP contribution in [0.25, 0.3) is 0 Å². The van der Waals surface area contributed by atoms with Gasteiger partial charge in [0.05, 0.1) is 5.57 Å². The number of allylic oxidation sites excluding steroid dienone is 2. The van der Waals surface area contributed by atoms with Gasteiger partial charge < -0.3 is 15.3 Å². The second kappa shape index (κ2) is 7.55. The van der Waals surface area contributed by atoms with Crippen molar-refractivity contribution < 1.29 is 14.3 Å². The zero-order valence-electron chi connectivity index (χ0n) is 13.5. The average molecular weight is 336 g/mol. The molecule has 2 rings (SSSR count). The summed E-state index contributed by atoms with van der Waals surface area (Å²) in [6, 6.07) is 6.39. The molecule has 2 N–H and O–H groups in total. The molecule has 4 nitrogen and oxygen atoms in total. The standard InChI is InChI=1S/C17H21FN2O2S/c1-4-23-16-15(17(21)22)11(2)8-14(19-3)20(16)10-12-6-5-7-13(18)9-12/h5-9,16,19H,4,10H2,1-3H3,(H,21,22). The Balaban J connectivity index is 2.41. The van der Waals surface area contributed by atoms with E-state index in [1.165, 1.54) is 12.1 Å². The van der Waals surface area contributed by atoms with Crippen LogP contribution in [0.15, 0.2) is 47.3 Å². The summed E-state index contributed by atoms with van der Waals surface area (Å²) in [6.45, 7) is 4.24. The lowest BCUT2D eigenvalue weighted by Crippen LogP contribution is -2.42. The Morgan fingerprint density at radius 3 is 2.78 bits per heavy atom. The van der Waals surface area contributed by atoms with Crippen LogP contribution >= 0.6 is 11.8 Å². The molecule has 1 aromatic rings. The number of benzene rings is 1. The maximum Gasteiger partial charge on any atom is 0.334 e. The first kappa shape index (κ1) is 17.4. The Morgan fingerprint density at radius 1 is 1.48 bits per heavy atom. The van der Waals surface area contributed by atoms with Crippen LogP contribution < -0.4 is 5.32 Å². The summed E-state index contributed by atoms with van der Waals surface area (Å²) in [5.41, 5.74) is 1.92. The zero-order chi connectivity index (χ0) is 17.0. The van der Waals surface area contributed by atoms with Crippen LogP contribution in [-0.2, 0) is 11.3 Å². The molecule has 1 aromatic carbocycles. The molecule has 0 aromatic heterocycles. The molecule has 0 fully saturated rings. The summed E-state index contributed by atoms with van der Waals surface area (Å²) in [6.07, 6.45) is 1.83. The number of thioether (sulfide) groups is 1. The third-order valence-electron chi connectivity index (χ3n) is 3.67. The first-order valence-electron chi connectivity index (χ1n) is 7.44. The van der Waals surface area contributed by atoms with Crippen LogP contribution in [0.2, 0.25) is 0 Å². The molecule has 0 aliphatic carbocycles. The highest BCUT2D eigenvalue weighted by Crippen LogP contribution is 2.34. The number of rotatable bonds is 6. The van der Waals surface area contributed by atoms with Crippen molar-refractivity contribution in [2.75, 3.05) is 12.8 Å². The Morgan fingerprint density at radius 2 is 2.22 bits per heavy atom. The monoisotopic (exact) mass is 336 g/mol. The lowest BCUT2D eigenvalue weighted by atomic mass is 10.0. The first-order valence-corrected chi connectivity index (χ1v) is 8.49. The average Bonchev–Trinajstić information content (AvgIpc) is 2.49. The topological polar surface area (TPSA) is 52.6 Å². The van der Waals surface area contributed by atoms with E-state index < -0.39 is 5.97 Å². The third kappa shape index (κ3) is 3.88. The Hall–Kier alpha value is -1.95. The van der Waals surface area contributed by atoms with Crippen molar-refractivity contribution in [3.05, 3.63) is 58.7 Å². The fourth-order valence-electron chi connectivity index (χ4n) is 2.66. The number of carbonyl (C=O) groups is 1. The van der Waals surface area contributed by atoms with Gasteiger partial charge in [-0.15, -0.1) is 11.8 Å². The van der Waals surface area contributed by atoms with Crippen LogP contribution in [0.1, 0.15) is 19.4 Å². The highest BCUT2D eigenvalue weighted by Gasteiger charge is 2.33. The zero-order valence-corrected chi connectivity index (χ0v) is 14.3. The molecule has 0 saturated carbocycles. The van der Waals surface area contributed by atoms with Crippen molar-refractivity contribution in [3.63, 3.8) is 0 Å². The molecule has 6 heteroatoms. The van der Waals surface area contributed by atoms with Crippen LogP contribution in [0.5, 0.6) is 0 Å². The molecule has 0 amide bonds. The van der Waals surface area contributed by atoms with Crippen LogP contribution in [-0.4, -0.2) is 34.2 Å². The van der Waals surface area contributed by atoms with Crippen molar-refractivity contribution in [1.29, 1.82) is 0 Å². The fraction of sp³-hybridized carbons (Fsp3) is 0.353. The fourth-order valence-corrected chi connectivity index (χ4v) is 3.80. The maximum atomic E-state index is 13.5. The second-order valence-electron chi connectivity index (χ2n) is 5.25. The van der Waals surface area contributed by atoms with Crippen LogP contribution in [0, 0.1) is 5.82 Å². The third-order valence-corrected chi connectivity index (χ3v) is 4.81. The van der Waals surface area contributed by atoms with Gasteiger partial charge in [0.25, 0.3) is 0 Å². The van der Waals surface area contributed by atoms with E-state index in [9.17, 15) is 14.3 Å². The van der Waals surface area contributed by atoms with E-state index in [4.69, 9.17) is 0 Å². The number of carboxylic acids is 1. The van der Waals surface area contributed by atoms with Gasteiger partial charge in [-0.2, -0.15) is 0 Å². The van der Waals surface area contributed by atoms with Crippen molar-refractivity contribution in [1.82, 2.24) is 10.2 Å². The van der Waals surface area contributed by atoms with Gasteiger partial charge in [-0.25, -0.2) is 9.18 Å². The van der Waals surface area contributed by atoms with Gasteiger partial charge in [0, 0.05) is 13.6 Å². The van der Waals surface area contributed by atoms with Crippen LogP contribution in [0.3, 0.4) is 0 Å². The molecule has 124 valence electrons.